The summed E-state index contributed by atoms with van der Waals surface area (Å²) in [5.41, 5.74) is -1.06. The Morgan fingerprint density at radius 1 is 1.43 bits per heavy atom. The van der Waals surface area contributed by atoms with Crippen LogP contribution in [-0.2, 0) is 4.74 Å². The smallest absolute Gasteiger partial charge is 0.340 e. The van der Waals surface area contributed by atoms with Crippen molar-refractivity contribution in [3.05, 3.63) is 58.2 Å². The van der Waals surface area contributed by atoms with Crippen molar-refractivity contribution in [2.24, 2.45) is 0 Å². The van der Waals surface area contributed by atoms with E-state index in [0.29, 0.717) is 6.07 Å². The van der Waals surface area contributed by atoms with Gasteiger partial charge in [-0.2, -0.15) is 0 Å². The molecule has 0 spiro atoms. The van der Waals surface area contributed by atoms with Gasteiger partial charge in [0, 0.05) is 12.3 Å². The van der Waals surface area contributed by atoms with Gasteiger partial charge in [0.15, 0.2) is 0 Å². The van der Waals surface area contributed by atoms with E-state index in [2.05, 4.69) is 9.72 Å². The minimum Gasteiger partial charge on any atom is -0.465 e. The Kier molecular flexibility index (Phi) is 4.07. The van der Waals surface area contributed by atoms with Gasteiger partial charge < -0.3 is 9.47 Å². The van der Waals surface area contributed by atoms with Gasteiger partial charge in [-0.1, -0.05) is 0 Å². The van der Waals surface area contributed by atoms with Crippen molar-refractivity contribution in [3.63, 3.8) is 0 Å². The van der Waals surface area contributed by atoms with Gasteiger partial charge in [-0.25, -0.2) is 9.18 Å². The number of halogens is 1. The minimum atomic E-state index is -1.06. The maximum Gasteiger partial charge on any atom is 0.340 e. The summed E-state index contributed by atoms with van der Waals surface area (Å²) in [6.07, 6.45) is 2.82. The SMILES string of the molecule is COC(=O)c1cc(Oc2cccnc2)c([N+](=O)[O-])cc1F. The first-order valence-electron chi connectivity index (χ1n) is 5.67. The summed E-state index contributed by atoms with van der Waals surface area (Å²) < 4.78 is 23.4. The summed E-state index contributed by atoms with van der Waals surface area (Å²) in [7, 11) is 1.07. The van der Waals surface area contributed by atoms with Crippen molar-refractivity contribution < 1.29 is 23.6 Å². The Hall–Kier alpha value is -3.03. The van der Waals surface area contributed by atoms with Gasteiger partial charge in [-0.15, -0.1) is 0 Å². The van der Waals surface area contributed by atoms with E-state index < -0.39 is 28.0 Å². The van der Waals surface area contributed by atoms with Gasteiger partial charge in [0.25, 0.3) is 0 Å². The second kappa shape index (κ2) is 5.95. The second-order valence-electron chi connectivity index (χ2n) is 3.84. The fraction of sp³-hybridized carbons (Fsp3) is 0.0769. The minimum absolute atomic E-state index is 0.211. The van der Waals surface area contributed by atoms with E-state index in [9.17, 15) is 19.3 Å². The van der Waals surface area contributed by atoms with Crippen molar-refractivity contribution in [2.75, 3.05) is 7.11 Å². The monoisotopic (exact) mass is 292 g/mol. The summed E-state index contributed by atoms with van der Waals surface area (Å²) in [4.78, 5) is 25.3. The van der Waals surface area contributed by atoms with Crippen LogP contribution in [0.25, 0.3) is 0 Å². The number of hydrogen-bond acceptors (Lipinski definition) is 6. The third-order valence-electron chi connectivity index (χ3n) is 2.51. The third-order valence-corrected chi connectivity index (χ3v) is 2.51. The third kappa shape index (κ3) is 3.11. The Morgan fingerprint density at radius 3 is 2.76 bits per heavy atom. The van der Waals surface area contributed by atoms with Crippen LogP contribution in [-0.4, -0.2) is 23.0 Å². The first-order chi connectivity index (χ1) is 10.0. The lowest BCUT2D eigenvalue weighted by atomic mass is 10.1. The molecule has 0 saturated carbocycles. The van der Waals surface area contributed by atoms with E-state index in [4.69, 9.17) is 4.74 Å². The number of ether oxygens (including phenoxy) is 2. The van der Waals surface area contributed by atoms with Gasteiger partial charge in [-0.3, -0.25) is 15.1 Å². The maximum absolute atomic E-state index is 13.7. The summed E-state index contributed by atoms with van der Waals surface area (Å²) >= 11 is 0. The van der Waals surface area contributed by atoms with E-state index in [0.717, 1.165) is 13.2 Å². The highest BCUT2D eigenvalue weighted by Crippen LogP contribution is 2.33. The fourth-order valence-corrected chi connectivity index (χ4v) is 1.57. The number of nitrogens with zero attached hydrogens (tertiary/aromatic N) is 2. The van der Waals surface area contributed by atoms with Crippen molar-refractivity contribution in [1.29, 1.82) is 0 Å². The van der Waals surface area contributed by atoms with Crippen LogP contribution in [0.4, 0.5) is 10.1 Å². The summed E-state index contributed by atoms with van der Waals surface area (Å²) in [6.45, 7) is 0. The lowest BCUT2D eigenvalue weighted by Crippen LogP contribution is -2.06. The second-order valence-corrected chi connectivity index (χ2v) is 3.84. The number of hydrogen-bond donors (Lipinski definition) is 0. The molecule has 21 heavy (non-hydrogen) atoms. The summed E-state index contributed by atoms with van der Waals surface area (Å²) in [5.74, 6) is -2.09. The summed E-state index contributed by atoms with van der Waals surface area (Å²) in [6, 6.07) is 4.61. The molecule has 0 unspecified atom stereocenters. The zero-order chi connectivity index (χ0) is 15.4. The number of nitro groups is 1. The van der Waals surface area contributed by atoms with Crippen LogP contribution >= 0.6 is 0 Å². The van der Waals surface area contributed by atoms with E-state index in [1.54, 1.807) is 6.07 Å². The molecule has 0 bridgehead atoms. The van der Waals surface area contributed by atoms with E-state index in [1.807, 2.05) is 0 Å². The molecule has 0 aliphatic carbocycles. The molecule has 0 N–H and O–H groups in total. The molecule has 1 aromatic heterocycles. The van der Waals surface area contributed by atoms with Crippen molar-refractivity contribution in [3.8, 4) is 11.5 Å². The number of pyridine rings is 1. The zero-order valence-electron chi connectivity index (χ0n) is 10.8. The maximum atomic E-state index is 13.7. The lowest BCUT2D eigenvalue weighted by molar-refractivity contribution is -0.385. The van der Waals surface area contributed by atoms with Crippen LogP contribution in [0, 0.1) is 15.9 Å². The van der Waals surface area contributed by atoms with Crippen LogP contribution in [0.2, 0.25) is 0 Å². The number of methoxy groups -OCH3 is 1. The molecule has 2 aromatic rings. The van der Waals surface area contributed by atoms with E-state index in [1.165, 1.54) is 18.5 Å². The van der Waals surface area contributed by atoms with Gasteiger partial charge in [0.05, 0.1) is 29.9 Å². The molecule has 0 aliphatic heterocycles. The molecule has 0 aliphatic rings. The fourth-order valence-electron chi connectivity index (χ4n) is 1.57. The van der Waals surface area contributed by atoms with Crippen molar-refractivity contribution >= 4 is 11.7 Å². The van der Waals surface area contributed by atoms with Gasteiger partial charge in [-0.05, 0) is 12.1 Å². The molecule has 0 radical (unpaired) electrons. The van der Waals surface area contributed by atoms with Crippen LogP contribution < -0.4 is 4.74 Å². The van der Waals surface area contributed by atoms with Crippen molar-refractivity contribution in [2.45, 2.75) is 0 Å². The van der Waals surface area contributed by atoms with Gasteiger partial charge in [0.2, 0.25) is 5.75 Å². The van der Waals surface area contributed by atoms with Crippen LogP contribution in [0.1, 0.15) is 10.4 Å². The molecule has 7 nitrogen and oxygen atoms in total. The Bertz CT molecular complexity index is 690. The van der Waals surface area contributed by atoms with Crippen LogP contribution in [0.5, 0.6) is 11.5 Å². The molecule has 8 heteroatoms. The highest BCUT2D eigenvalue weighted by molar-refractivity contribution is 5.90. The number of aromatic nitrogens is 1. The topological polar surface area (TPSA) is 91.6 Å². The van der Waals surface area contributed by atoms with Crippen LogP contribution in [0.15, 0.2) is 36.7 Å². The molecule has 0 amide bonds. The molecule has 1 aromatic carbocycles. The molecule has 0 saturated heterocycles. The van der Waals surface area contributed by atoms with E-state index >= 15 is 0 Å². The molecule has 1 heterocycles. The van der Waals surface area contributed by atoms with Gasteiger partial charge in [0.1, 0.15) is 11.6 Å². The molecule has 108 valence electrons. The number of carbonyl (C=O) groups is 1. The van der Waals surface area contributed by atoms with Crippen molar-refractivity contribution in [1.82, 2.24) is 4.98 Å². The molecular formula is C13H9FN2O5. The Labute approximate surface area is 118 Å². The number of rotatable bonds is 4. The standard InChI is InChI=1S/C13H9FN2O5/c1-20-13(17)9-5-12(11(16(18)19)6-10(9)14)21-8-3-2-4-15-7-8/h2-7H,1H3. The number of nitro benzene ring substituents is 1. The zero-order valence-corrected chi connectivity index (χ0v) is 10.8. The highest BCUT2D eigenvalue weighted by Gasteiger charge is 2.24. The first-order valence-corrected chi connectivity index (χ1v) is 5.67. The quantitative estimate of drug-likeness (QED) is 0.488. The number of esters is 1. The number of carbonyl (C=O) groups excluding carboxylic acids is 1. The molecule has 2 rings (SSSR count). The van der Waals surface area contributed by atoms with Crippen LogP contribution in [0.3, 0.4) is 0 Å². The highest BCUT2D eigenvalue weighted by atomic mass is 19.1. The summed E-state index contributed by atoms with van der Waals surface area (Å²) in [5, 5.41) is 10.9. The average Bonchev–Trinajstić information content (AvgIpc) is 2.48. The Morgan fingerprint density at radius 2 is 2.19 bits per heavy atom. The molecule has 0 fully saturated rings. The predicted octanol–water partition coefficient (Wildman–Crippen LogP) is 2.71. The largest absolute Gasteiger partial charge is 0.465 e. The normalized spacial score (nSPS) is 10.0. The number of benzene rings is 1. The molecule has 0 atom stereocenters. The Balaban J connectivity index is 2.51. The van der Waals surface area contributed by atoms with E-state index in [-0.39, 0.29) is 11.5 Å². The predicted molar refractivity (Wildman–Crippen MR) is 68.7 cm³/mol. The lowest BCUT2D eigenvalue weighted by Gasteiger charge is -2.08. The average molecular weight is 292 g/mol. The van der Waals surface area contributed by atoms with Gasteiger partial charge >= 0.3 is 11.7 Å². The first kappa shape index (κ1) is 14.4. The molecular weight excluding hydrogens is 283 g/mol.